The van der Waals surface area contributed by atoms with Gasteiger partial charge in [-0.1, -0.05) is 42.2 Å². The zero-order valence-electron chi connectivity index (χ0n) is 23.8. The molecule has 1 fully saturated rings. The van der Waals surface area contributed by atoms with Gasteiger partial charge in [0.15, 0.2) is 11.5 Å². The number of nitrogen functional groups attached to an aromatic ring is 1. The summed E-state index contributed by atoms with van der Waals surface area (Å²) in [7, 11) is 0. The molecular weight excluding hydrogens is 556 g/mol. The number of rotatable bonds is 6. The molecule has 0 bridgehead atoms. The van der Waals surface area contributed by atoms with Crippen molar-refractivity contribution >= 4 is 28.1 Å². The van der Waals surface area contributed by atoms with Gasteiger partial charge in [0.1, 0.15) is 5.56 Å². The first-order valence-corrected chi connectivity index (χ1v) is 14.2. The largest absolute Gasteiger partial charge is 0.394 e. The summed E-state index contributed by atoms with van der Waals surface area (Å²) in [6, 6.07) is 17.8. The normalized spacial score (nSPS) is 14.2. The van der Waals surface area contributed by atoms with Crippen LogP contribution in [0.25, 0.3) is 22.1 Å². The lowest BCUT2D eigenvalue weighted by atomic mass is 10.0. The van der Waals surface area contributed by atoms with Crippen LogP contribution in [0.3, 0.4) is 0 Å². The number of benzene rings is 2. The van der Waals surface area contributed by atoms with Gasteiger partial charge < -0.3 is 16.2 Å². The number of aromatic nitrogens is 6. The molecule has 4 aromatic heterocycles. The number of nitrogens with two attached hydrogens (primary N) is 1. The number of pyridine rings is 1. The number of anilines is 1. The molecule has 0 saturated heterocycles. The highest BCUT2D eigenvalue weighted by atomic mass is 16.3. The van der Waals surface area contributed by atoms with Gasteiger partial charge in [0.25, 0.3) is 11.5 Å². The number of carbonyl (C=O) groups excluding carboxylic acids is 1. The molecule has 11 heteroatoms. The number of hydrogen-bond acceptors (Lipinski definition) is 7. The molecule has 1 atom stereocenters. The minimum Gasteiger partial charge on any atom is -0.394 e. The molecule has 1 amide bonds. The summed E-state index contributed by atoms with van der Waals surface area (Å²) in [5.41, 5.74) is 8.50. The molecule has 11 nitrogen and oxygen atoms in total. The number of fused-ring (bicyclic) bond motifs is 2. The molecule has 44 heavy (non-hydrogen) atoms. The molecule has 1 aliphatic rings. The minimum absolute atomic E-state index is 0.0363. The van der Waals surface area contributed by atoms with Gasteiger partial charge in [0, 0.05) is 35.5 Å². The van der Waals surface area contributed by atoms with Crippen LogP contribution in [0, 0.1) is 11.8 Å². The summed E-state index contributed by atoms with van der Waals surface area (Å²) in [6.07, 6.45) is 8.50. The monoisotopic (exact) mass is 584 g/mol. The van der Waals surface area contributed by atoms with E-state index in [1.54, 1.807) is 33.9 Å². The lowest BCUT2D eigenvalue weighted by molar-refractivity contribution is 0.0941. The molecule has 0 spiro atoms. The zero-order chi connectivity index (χ0) is 30.4. The van der Waals surface area contributed by atoms with E-state index in [0.29, 0.717) is 38.9 Å². The van der Waals surface area contributed by atoms with E-state index in [2.05, 4.69) is 32.3 Å². The zero-order valence-corrected chi connectivity index (χ0v) is 23.8. The average Bonchev–Trinajstić information content (AvgIpc) is 3.55. The van der Waals surface area contributed by atoms with Crippen molar-refractivity contribution in [3.63, 3.8) is 0 Å². The molecule has 7 rings (SSSR count). The number of para-hydroxylation sites is 1. The maximum Gasteiger partial charge on any atom is 0.264 e. The van der Waals surface area contributed by atoms with E-state index in [-0.39, 0.29) is 29.1 Å². The highest BCUT2D eigenvalue weighted by Gasteiger charge is 2.44. The number of amides is 1. The molecule has 6 aromatic rings. The van der Waals surface area contributed by atoms with E-state index in [1.165, 1.54) is 4.52 Å². The third-order valence-electron chi connectivity index (χ3n) is 8.06. The van der Waals surface area contributed by atoms with E-state index in [1.807, 2.05) is 67.7 Å². The van der Waals surface area contributed by atoms with Crippen LogP contribution < -0.4 is 16.6 Å². The lowest BCUT2D eigenvalue weighted by Crippen LogP contribution is -2.32. The van der Waals surface area contributed by atoms with Crippen LogP contribution >= 0.6 is 0 Å². The van der Waals surface area contributed by atoms with Crippen molar-refractivity contribution in [2.45, 2.75) is 31.3 Å². The maximum absolute atomic E-state index is 14.3. The van der Waals surface area contributed by atoms with Crippen LogP contribution in [0.2, 0.25) is 0 Å². The summed E-state index contributed by atoms with van der Waals surface area (Å²) in [5.74, 6) is 5.91. The Hall–Kier alpha value is -5.73. The number of nitrogens with zero attached hydrogens (tertiary/aromatic N) is 6. The van der Waals surface area contributed by atoms with Crippen LogP contribution in [0.1, 0.15) is 53.0 Å². The smallest absolute Gasteiger partial charge is 0.264 e. The second-order valence-corrected chi connectivity index (χ2v) is 11.0. The van der Waals surface area contributed by atoms with Crippen LogP contribution in [-0.4, -0.2) is 46.6 Å². The molecule has 0 unspecified atom stereocenters. The Kier molecular flexibility index (Phi) is 6.48. The van der Waals surface area contributed by atoms with Gasteiger partial charge >= 0.3 is 0 Å². The van der Waals surface area contributed by atoms with Gasteiger partial charge in [-0.3, -0.25) is 18.8 Å². The molecule has 0 aliphatic heterocycles. The predicted molar refractivity (Wildman–Crippen MR) is 165 cm³/mol. The van der Waals surface area contributed by atoms with Gasteiger partial charge in [-0.05, 0) is 55.5 Å². The fourth-order valence-corrected chi connectivity index (χ4v) is 5.50. The van der Waals surface area contributed by atoms with Crippen molar-refractivity contribution in [2.24, 2.45) is 0 Å². The van der Waals surface area contributed by atoms with Crippen molar-refractivity contribution in [1.82, 2.24) is 34.3 Å². The van der Waals surface area contributed by atoms with Crippen LogP contribution in [-0.2, 0) is 5.54 Å². The van der Waals surface area contributed by atoms with E-state index in [9.17, 15) is 14.7 Å². The molecular formula is C33H28N8O3. The van der Waals surface area contributed by atoms with Crippen molar-refractivity contribution < 1.29 is 9.90 Å². The van der Waals surface area contributed by atoms with E-state index in [4.69, 9.17) is 5.73 Å². The van der Waals surface area contributed by atoms with Crippen LogP contribution in [0.4, 0.5) is 5.82 Å². The number of hydrogen-bond donors (Lipinski definition) is 3. The highest BCUT2D eigenvalue weighted by Crippen LogP contribution is 2.42. The summed E-state index contributed by atoms with van der Waals surface area (Å²) in [4.78, 5) is 32.0. The van der Waals surface area contributed by atoms with Gasteiger partial charge in [0.2, 0.25) is 0 Å². The molecule has 4 heterocycles. The van der Waals surface area contributed by atoms with Gasteiger partial charge in [-0.25, -0.2) is 9.50 Å². The molecule has 218 valence electrons. The second-order valence-electron chi connectivity index (χ2n) is 11.0. The highest BCUT2D eigenvalue weighted by molar-refractivity contribution is 6.04. The third kappa shape index (κ3) is 4.58. The van der Waals surface area contributed by atoms with Gasteiger partial charge in [-0.2, -0.15) is 5.10 Å². The van der Waals surface area contributed by atoms with E-state index in [0.717, 1.165) is 12.8 Å². The van der Waals surface area contributed by atoms with Gasteiger partial charge in [0.05, 0.1) is 35.3 Å². The first kappa shape index (κ1) is 27.1. The van der Waals surface area contributed by atoms with Crippen molar-refractivity contribution in [1.29, 1.82) is 0 Å². The Morgan fingerprint density at radius 3 is 2.73 bits per heavy atom. The fraction of sp³-hybridized carbons (Fsp3) is 0.182. The Morgan fingerprint density at radius 1 is 1.14 bits per heavy atom. The summed E-state index contributed by atoms with van der Waals surface area (Å²) in [5, 5.41) is 22.5. The van der Waals surface area contributed by atoms with Crippen LogP contribution in [0.5, 0.6) is 0 Å². The summed E-state index contributed by atoms with van der Waals surface area (Å²) >= 11 is 0. The van der Waals surface area contributed by atoms with Crippen molar-refractivity contribution in [3.8, 4) is 17.5 Å². The fourth-order valence-electron chi connectivity index (χ4n) is 5.50. The predicted octanol–water partition coefficient (Wildman–Crippen LogP) is 3.18. The standard InChI is InChI=1S/C33H28N8O3/c1-21(37-31(43)28-29(34)38-39-16-6-15-35-30(28)39)26-17-24-8-5-7-23(27(24)32(44)41(26)25-9-3-2-4-10-25)12-11-22-18-36-40(19-22)33(20-42)13-14-33/h2-10,15-19,21,42H,13-14,20H2,1H3,(H2,34,38)(H,37,43)/t21-/m0/s1. The average molecular weight is 585 g/mol. The Labute approximate surface area is 251 Å². The first-order chi connectivity index (χ1) is 21.4. The van der Waals surface area contributed by atoms with Crippen molar-refractivity contribution in [2.75, 3.05) is 12.3 Å². The first-order valence-electron chi connectivity index (χ1n) is 14.2. The molecule has 1 saturated carbocycles. The lowest BCUT2D eigenvalue weighted by Gasteiger charge is -2.21. The van der Waals surface area contributed by atoms with Crippen LogP contribution in [0.15, 0.2) is 90.2 Å². The number of nitrogens with one attached hydrogen (secondary N) is 1. The molecule has 0 radical (unpaired) electrons. The Morgan fingerprint density at radius 2 is 1.95 bits per heavy atom. The molecule has 4 N–H and O–H groups in total. The summed E-state index contributed by atoms with van der Waals surface area (Å²) in [6.45, 7) is 1.85. The number of carbonyl (C=O) groups is 1. The van der Waals surface area contributed by atoms with E-state index < -0.39 is 11.9 Å². The topological polar surface area (TPSA) is 145 Å². The Balaban J connectivity index is 1.30. The quantitative estimate of drug-likeness (QED) is 0.255. The van der Waals surface area contributed by atoms with E-state index >= 15 is 0 Å². The summed E-state index contributed by atoms with van der Waals surface area (Å²) < 4.78 is 4.84. The minimum atomic E-state index is -0.597. The number of aliphatic hydroxyl groups excluding tert-OH is 1. The van der Waals surface area contributed by atoms with Crippen molar-refractivity contribution in [3.05, 3.63) is 118 Å². The SMILES string of the molecule is C[C@H](NC(=O)c1c(N)nn2cccnc12)c1cc2cccc(C#Cc3cnn(C4(CO)CC4)c3)c2c(=O)n1-c1ccccc1. The second kappa shape index (κ2) is 10.5. The third-order valence-corrected chi connectivity index (χ3v) is 8.06. The molecule has 2 aromatic carbocycles. The van der Waals surface area contributed by atoms with Gasteiger partial charge in [-0.15, -0.1) is 5.10 Å². The Bertz CT molecular complexity index is 2180. The number of aliphatic hydroxyl groups is 1. The maximum atomic E-state index is 14.3. The molecule has 1 aliphatic carbocycles.